The van der Waals surface area contributed by atoms with Gasteiger partial charge in [0, 0.05) is 29.6 Å². The van der Waals surface area contributed by atoms with Gasteiger partial charge < -0.3 is 10.5 Å². The molecule has 10 heteroatoms. The van der Waals surface area contributed by atoms with Crippen LogP contribution in [0.3, 0.4) is 0 Å². The first-order valence-electron chi connectivity index (χ1n) is 9.96. The molecule has 8 nitrogen and oxygen atoms in total. The minimum absolute atomic E-state index is 0.102. The normalized spacial score (nSPS) is 20.4. The fourth-order valence-corrected chi connectivity index (χ4v) is 7.07. The Bertz CT molecular complexity index is 1330. The summed E-state index contributed by atoms with van der Waals surface area (Å²) < 4.78 is 35.0. The van der Waals surface area contributed by atoms with Crippen LogP contribution in [0.25, 0.3) is 10.8 Å². The first-order chi connectivity index (χ1) is 14.8. The van der Waals surface area contributed by atoms with Crippen molar-refractivity contribution in [2.24, 2.45) is 5.73 Å². The number of sulfonamides is 1. The molecular formula is C21H21N3O5S2. The molecule has 2 aliphatic rings. The Morgan fingerprint density at radius 2 is 2.00 bits per heavy atom. The SMILES string of the molecule is NC1CCN(S(=O)(=O)c2cccc3c(=O)n(COC(=O)c4cccs4)ccc23)C12CC2. The Labute approximate surface area is 182 Å². The van der Waals surface area contributed by atoms with Crippen LogP contribution in [0.1, 0.15) is 28.9 Å². The van der Waals surface area contributed by atoms with E-state index in [1.54, 1.807) is 35.7 Å². The molecule has 3 heterocycles. The van der Waals surface area contributed by atoms with E-state index in [-0.39, 0.29) is 23.1 Å². The molecule has 0 amide bonds. The molecular weight excluding hydrogens is 438 g/mol. The number of rotatable bonds is 5. The molecule has 162 valence electrons. The highest BCUT2D eigenvalue weighted by atomic mass is 32.2. The molecule has 1 saturated heterocycles. The van der Waals surface area contributed by atoms with Crippen molar-refractivity contribution >= 4 is 38.1 Å². The molecule has 2 aromatic heterocycles. The number of thiophene rings is 1. The lowest BCUT2D eigenvalue weighted by molar-refractivity contribution is 0.0373. The second-order valence-corrected chi connectivity index (χ2v) is 10.7. The van der Waals surface area contributed by atoms with Gasteiger partial charge in [0.25, 0.3) is 5.56 Å². The van der Waals surface area contributed by atoms with Crippen LogP contribution in [0, 0.1) is 0 Å². The smallest absolute Gasteiger partial charge is 0.350 e. The van der Waals surface area contributed by atoms with E-state index in [0.29, 0.717) is 23.2 Å². The summed E-state index contributed by atoms with van der Waals surface area (Å²) in [6.07, 6.45) is 3.61. The van der Waals surface area contributed by atoms with Crippen molar-refractivity contribution in [3.8, 4) is 0 Å². The Hall–Kier alpha value is -2.53. The molecule has 0 bridgehead atoms. The molecule has 2 fully saturated rings. The molecule has 1 aromatic carbocycles. The molecule has 1 aliphatic heterocycles. The first kappa shape index (κ1) is 20.4. The Morgan fingerprint density at radius 3 is 2.71 bits per heavy atom. The summed E-state index contributed by atoms with van der Waals surface area (Å²) in [5, 5.41) is 2.37. The van der Waals surface area contributed by atoms with Crippen LogP contribution < -0.4 is 11.3 Å². The van der Waals surface area contributed by atoms with Crippen molar-refractivity contribution < 1.29 is 17.9 Å². The molecule has 2 N–H and O–H groups in total. The molecule has 1 unspecified atom stereocenters. The molecule has 1 aliphatic carbocycles. The number of carbonyl (C=O) groups is 1. The van der Waals surface area contributed by atoms with Gasteiger partial charge >= 0.3 is 5.97 Å². The van der Waals surface area contributed by atoms with Gasteiger partial charge in [-0.15, -0.1) is 11.3 Å². The maximum atomic E-state index is 13.5. The molecule has 5 rings (SSSR count). The molecule has 1 saturated carbocycles. The number of carbonyl (C=O) groups excluding carboxylic acids is 1. The second-order valence-electron chi connectivity index (χ2n) is 7.92. The topological polar surface area (TPSA) is 112 Å². The van der Waals surface area contributed by atoms with Gasteiger partial charge in [-0.25, -0.2) is 13.2 Å². The zero-order valence-corrected chi connectivity index (χ0v) is 18.2. The lowest BCUT2D eigenvalue weighted by atomic mass is 10.1. The van der Waals surface area contributed by atoms with Crippen LogP contribution in [-0.2, 0) is 21.5 Å². The summed E-state index contributed by atoms with van der Waals surface area (Å²) in [6.45, 7) is 0.127. The number of hydrogen-bond acceptors (Lipinski definition) is 7. The first-order valence-corrected chi connectivity index (χ1v) is 12.3. The number of benzene rings is 1. The number of hydrogen-bond donors (Lipinski definition) is 1. The summed E-state index contributed by atoms with van der Waals surface area (Å²) in [6, 6.07) is 9.48. The number of pyridine rings is 1. The number of fused-ring (bicyclic) bond motifs is 1. The molecule has 1 atom stereocenters. The van der Waals surface area contributed by atoms with E-state index < -0.39 is 27.1 Å². The summed E-state index contributed by atoms with van der Waals surface area (Å²) in [4.78, 5) is 25.6. The van der Waals surface area contributed by atoms with Gasteiger partial charge in [-0.05, 0) is 48.9 Å². The lowest BCUT2D eigenvalue weighted by Gasteiger charge is -2.26. The third-order valence-electron chi connectivity index (χ3n) is 6.20. The van der Waals surface area contributed by atoms with Crippen LogP contribution in [-0.4, -0.2) is 41.4 Å². The summed E-state index contributed by atoms with van der Waals surface area (Å²) >= 11 is 1.25. The van der Waals surface area contributed by atoms with E-state index in [9.17, 15) is 18.0 Å². The predicted molar refractivity (Wildman–Crippen MR) is 116 cm³/mol. The average Bonchev–Trinajstić information content (AvgIpc) is 3.21. The minimum atomic E-state index is -3.81. The van der Waals surface area contributed by atoms with Crippen LogP contribution in [0.4, 0.5) is 0 Å². The van der Waals surface area contributed by atoms with E-state index in [2.05, 4.69) is 0 Å². The zero-order chi connectivity index (χ0) is 21.8. The average molecular weight is 460 g/mol. The fourth-order valence-electron chi connectivity index (χ4n) is 4.37. The third-order valence-corrected chi connectivity index (χ3v) is 9.08. The van der Waals surface area contributed by atoms with Gasteiger partial charge in [0.15, 0.2) is 6.73 Å². The highest BCUT2D eigenvalue weighted by Crippen LogP contribution is 2.51. The molecule has 0 radical (unpaired) electrons. The van der Waals surface area contributed by atoms with Gasteiger partial charge in [0.05, 0.1) is 10.4 Å². The lowest BCUT2D eigenvalue weighted by Crippen LogP contribution is -2.44. The monoisotopic (exact) mass is 459 g/mol. The van der Waals surface area contributed by atoms with Crippen molar-refractivity contribution in [1.29, 1.82) is 0 Å². The van der Waals surface area contributed by atoms with Crippen molar-refractivity contribution in [2.75, 3.05) is 6.54 Å². The molecule has 1 spiro atoms. The van der Waals surface area contributed by atoms with Crippen molar-refractivity contribution in [2.45, 2.75) is 42.5 Å². The summed E-state index contributed by atoms with van der Waals surface area (Å²) in [7, 11) is -3.81. The predicted octanol–water partition coefficient (Wildman–Crippen LogP) is 2.13. The Balaban J connectivity index is 1.48. The van der Waals surface area contributed by atoms with Crippen LogP contribution >= 0.6 is 11.3 Å². The van der Waals surface area contributed by atoms with Crippen LogP contribution in [0.15, 0.2) is 57.7 Å². The Morgan fingerprint density at radius 1 is 1.19 bits per heavy atom. The Kier molecular flexibility index (Phi) is 4.78. The van der Waals surface area contributed by atoms with E-state index in [4.69, 9.17) is 10.5 Å². The molecule has 3 aromatic rings. The number of aromatic nitrogens is 1. The fraction of sp³-hybridized carbons (Fsp3) is 0.333. The standard InChI is InChI=1S/C21H21N3O5S2/c22-18-7-11-24(21(18)8-9-21)31(27,28)17-5-1-3-15-14(17)6-10-23(19(15)25)13-29-20(26)16-4-2-12-30-16/h1-6,10,12,18H,7-9,11,13,22H2. The quantitative estimate of drug-likeness (QED) is 0.585. The van der Waals surface area contributed by atoms with Crippen molar-refractivity contribution in [3.05, 3.63) is 63.2 Å². The largest absolute Gasteiger partial charge is 0.440 e. The van der Waals surface area contributed by atoms with Gasteiger partial charge in [0.2, 0.25) is 10.0 Å². The van der Waals surface area contributed by atoms with Gasteiger partial charge in [0.1, 0.15) is 4.88 Å². The van der Waals surface area contributed by atoms with E-state index in [1.807, 2.05) is 0 Å². The van der Waals surface area contributed by atoms with Gasteiger partial charge in [-0.2, -0.15) is 4.31 Å². The third kappa shape index (κ3) is 3.21. The van der Waals surface area contributed by atoms with Crippen LogP contribution in [0.2, 0.25) is 0 Å². The van der Waals surface area contributed by atoms with E-state index in [1.165, 1.54) is 32.5 Å². The number of ether oxygens (including phenoxy) is 1. The molecule has 31 heavy (non-hydrogen) atoms. The van der Waals surface area contributed by atoms with Crippen molar-refractivity contribution in [3.63, 3.8) is 0 Å². The van der Waals surface area contributed by atoms with Gasteiger partial charge in [-0.3, -0.25) is 9.36 Å². The van der Waals surface area contributed by atoms with Crippen molar-refractivity contribution in [1.82, 2.24) is 8.87 Å². The van der Waals surface area contributed by atoms with Gasteiger partial charge in [-0.1, -0.05) is 12.1 Å². The second kappa shape index (κ2) is 7.27. The number of nitrogens with zero attached hydrogens (tertiary/aromatic N) is 2. The highest BCUT2D eigenvalue weighted by Gasteiger charge is 2.60. The highest BCUT2D eigenvalue weighted by molar-refractivity contribution is 7.89. The maximum absolute atomic E-state index is 13.5. The van der Waals surface area contributed by atoms with Crippen LogP contribution in [0.5, 0.6) is 0 Å². The number of nitrogens with two attached hydrogens (primary N) is 1. The minimum Gasteiger partial charge on any atom is -0.440 e. The maximum Gasteiger partial charge on any atom is 0.350 e. The van der Waals surface area contributed by atoms with E-state index >= 15 is 0 Å². The summed E-state index contributed by atoms with van der Waals surface area (Å²) in [5.74, 6) is -0.515. The zero-order valence-electron chi connectivity index (χ0n) is 16.6. The summed E-state index contributed by atoms with van der Waals surface area (Å²) in [5.41, 5.74) is 5.29. The van der Waals surface area contributed by atoms with E-state index in [0.717, 1.165) is 12.8 Å². The number of esters is 1.